The molecule has 1 saturated heterocycles. The third-order valence-corrected chi connectivity index (χ3v) is 3.95. The minimum absolute atomic E-state index is 0.0942. The van der Waals surface area contributed by atoms with Crippen molar-refractivity contribution in [2.45, 2.75) is 32.6 Å². The summed E-state index contributed by atoms with van der Waals surface area (Å²) >= 11 is 0. The van der Waals surface area contributed by atoms with Gasteiger partial charge in [0.15, 0.2) is 0 Å². The first-order valence-electron chi connectivity index (χ1n) is 6.88. The maximum atomic E-state index is 12.5. The number of hydrogen-bond donors (Lipinski definition) is 1. The number of hydrogen-bond acceptors (Lipinski definition) is 3. The fraction of sp³-hybridized carbons (Fsp3) is 0.533. The summed E-state index contributed by atoms with van der Waals surface area (Å²) in [5.41, 5.74) is 9.10. The summed E-state index contributed by atoms with van der Waals surface area (Å²) in [4.78, 5) is 14.4. The first-order valence-corrected chi connectivity index (χ1v) is 6.88. The third-order valence-electron chi connectivity index (χ3n) is 3.95. The van der Waals surface area contributed by atoms with Crippen LogP contribution in [0.2, 0.25) is 0 Å². The van der Waals surface area contributed by atoms with Crippen LogP contribution in [0.1, 0.15) is 34.8 Å². The zero-order valence-corrected chi connectivity index (χ0v) is 11.3. The van der Waals surface area contributed by atoms with Gasteiger partial charge in [-0.1, -0.05) is 13.0 Å². The molecular weight excluding hydrogens is 240 g/mol. The van der Waals surface area contributed by atoms with Crippen molar-refractivity contribution in [2.24, 2.45) is 11.7 Å². The highest BCUT2D eigenvalue weighted by Gasteiger charge is 2.27. The van der Waals surface area contributed by atoms with E-state index < -0.39 is 0 Å². The predicted molar refractivity (Wildman–Crippen MR) is 72.6 cm³/mol. The van der Waals surface area contributed by atoms with Crippen molar-refractivity contribution in [2.75, 3.05) is 13.1 Å². The summed E-state index contributed by atoms with van der Waals surface area (Å²) in [5, 5.41) is 0. The largest absolute Gasteiger partial charge is 0.372 e. The molecule has 3 rings (SSSR count). The van der Waals surface area contributed by atoms with Crippen LogP contribution in [0.4, 0.5) is 0 Å². The van der Waals surface area contributed by atoms with Gasteiger partial charge in [-0.2, -0.15) is 0 Å². The van der Waals surface area contributed by atoms with Crippen LogP contribution in [0.5, 0.6) is 0 Å². The van der Waals surface area contributed by atoms with Gasteiger partial charge in [-0.3, -0.25) is 4.79 Å². The zero-order chi connectivity index (χ0) is 13.4. The molecule has 19 heavy (non-hydrogen) atoms. The van der Waals surface area contributed by atoms with Gasteiger partial charge in [-0.25, -0.2) is 0 Å². The normalized spacial score (nSPS) is 26.3. The van der Waals surface area contributed by atoms with E-state index in [0.29, 0.717) is 25.7 Å². The average molecular weight is 260 g/mol. The Morgan fingerprint density at radius 1 is 1.32 bits per heavy atom. The second-order valence-corrected chi connectivity index (χ2v) is 5.79. The van der Waals surface area contributed by atoms with E-state index in [0.717, 1.165) is 24.1 Å². The number of piperidine rings is 1. The van der Waals surface area contributed by atoms with Gasteiger partial charge in [0.1, 0.15) is 0 Å². The van der Waals surface area contributed by atoms with Crippen molar-refractivity contribution in [1.29, 1.82) is 0 Å². The molecular formula is C15H20N2O2. The molecule has 2 heterocycles. The number of benzene rings is 1. The molecule has 0 bridgehead atoms. The summed E-state index contributed by atoms with van der Waals surface area (Å²) in [7, 11) is 0. The van der Waals surface area contributed by atoms with E-state index in [1.165, 1.54) is 5.56 Å². The van der Waals surface area contributed by atoms with Gasteiger partial charge in [0, 0.05) is 24.7 Å². The molecule has 2 N–H and O–H groups in total. The Morgan fingerprint density at radius 2 is 2.11 bits per heavy atom. The van der Waals surface area contributed by atoms with E-state index in [1.807, 2.05) is 23.1 Å². The highest BCUT2D eigenvalue weighted by atomic mass is 16.5. The Bertz CT molecular complexity index is 491. The van der Waals surface area contributed by atoms with E-state index in [2.05, 4.69) is 6.92 Å². The Morgan fingerprint density at radius 3 is 2.89 bits per heavy atom. The highest BCUT2D eigenvalue weighted by molar-refractivity contribution is 5.94. The van der Waals surface area contributed by atoms with Crippen molar-refractivity contribution in [3.63, 3.8) is 0 Å². The third kappa shape index (κ3) is 2.51. The molecule has 0 aromatic heterocycles. The van der Waals surface area contributed by atoms with Crippen LogP contribution < -0.4 is 5.73 Å². The monoisotopic (exact) mass is 260 g/mol. The van der Waals surface area contributed by atoms with Crippen LogP contribution in [0.25, 0.3) is 0 Å². The number of rotatable bonds is 1. The minimum atomic E-state index is 0.0942. The van der Waals surface area contributed by atoms with E-state index in [9.17, 15) is 4.79 Å². The Balaban J connectivity index is 1.80. The van der Waals surface area contributed by atoms with Crippen LogP contribution >= 0.6 is 0 Å². The second kappa shape index (κ2) is 4.94. The summed E-state index contributed by atoms with van der Waals surface area (Å²) in [6.07, 6.45) is 1.00. The zero-order valence-electron chi connectivity index (χ0n) is 11.3. The van der Waals surface area contributed by atoms with Gasteiger partial charge < -0.3 is 15.4 Å². The van der Waals surface area contributed by atoms with Crippen LogP contribution in [0.3, 0.4) is 0 Å². The summed E-state index contributed by atoms with van der Waals surface area (Å²) in [5.74, 6) is 0.571. The number of nitrogens with zero attached hydrogens (tertiary/aromatic N) is 1. The fourth-order valence-corrected chi connectivity index (χ4v) is 3.05. The van der Waals surface area contributed by atoms with Crippen molar-refractivity contribution in [3.05, 3.63) is 34.9 Å². The van der Waals surface area contributed by atoms with Gasteiger partial charge in [0.25, 0.3) is 5.91 Å². The van der Waals surface area contributed by atoms with Crippen LogP contribution in [0, 0.1) is 5.92 Å². The standard InChI is InChI=1S/C15H20N2O2/c1-10-4-14(16)7-17(6-10)15(18)11-2-3-12-8-19-9-13(12)5-11/h2-3,5,10,14H,4,6-9,16H2,1H3. The maximum absolute atomic E-state index is 12.5. The molecule has 102 valence electrons. The lowest BCUT2D eigenvalue weighted by Gasteiger charge is -2.34. The molecule has 4 heteroatoms. The van der Waals surface area contributed by atoms with Crippen molar-refractivity contribution < 1.29 is 9.53 Å². The van der Waals surface area contributed by atoms with E-state index in [1.54, 1.807) is 0 Å². The maximum Gasteiger partial charge on any atom is 0.253 e. The molecule has 4 nitrogen and oxygen atoms in total. The lowest BCUT2D eigenvalue weighted by Crippen LogP contribution is -2.48. The van der Waals surface area contributed by atoms with Gasteiger partial charge >= 0.3 is 0 Å². The first kappa shape index (κ1) is 12.6. The van der Waals surface area contributed by atoms with Gasteiger partial charge in [-0.05, 0) is 35.6 Å². The van der Waals surface area contributed by atoms with Gasteiger partial charge in [0.2, 0.25) is 0 Å². The van der Waals surface area contributed by atoms with Crippen LogP contribution in [-0.2, 0) is 18.0 Å². The molecule has 0 aliphatic carbocycles. The fourth-order valence-electron chi connectivity index (χ4n) is 3.05. The molecule has 2 aliphatic rings. The first-order chi connectivity index (χ1) is 9.13. The topological polar surface area (TPSA) is 55.6 Å². The van der Waals surface area contributed by atoms with E-state index >= 15 is 0 Å². The lowest BCUT2D eigenvalue weighted by molar-refractivity contribution is 0.0661. The van der Waals surface area contributed by atoms with Crippen LogP contribution in [-0.4, -0.2) is 29.9 Å². The quantitative estimate of drug-likeness (QED) is 0.833. The number of amides is 1. The smallest absolute Gasteiger partial charge is 0.253 e. The van der Waals surface area contributed by atoms with Gasteiger partial charge in [0.05, 0.1) is 13.2 Å². The second-order valence-electron chi connectivity index (χ2n) is 5.79. The molecule has 1 amide bonds. The molecule has 2 atom stereocenters. The number of nitrogens with two attached hydrogens (primary N) is 1. The van der Waals surface area contributed by atoms with Gasteiger partial charge in [-0.15, -0.1) is 0 Å². The predicted octanol–water partition coefficient (Wildman–Crippen LogP) is 1.53. The molecule has 1 aromatic carbocycles. The molecule has 2 unspecified atom stereocenters. The highest BCUT2D eigenvalue weighted by Crippen LogP contribution is 2.23. The number of carbonyl (C=O) groups is 1. The molecule has 1 aromatic rings. The SMILES string of the molecule is CC1CC(N)CN(C(=O)c2ccc3c(c2)COC3)C1. The summed E-state index contributed by atoms with van der Waals surface area (Å²) < 4.78 is 5.38. The Hall–Kier alpha value is -1.39. The number of likely N-dealkylation sites (tertiary alicyclic amines) is 1. The summed E-state index contributed by atoms with van der Waals surface area (Å²) in [6.45, 7) is 4.90. The van der Waals surface area contributed by atoms with Crippen molar-refractivity contribution >= 4 is 5.91 Å². The number of fused-ring (bicyclic) bond motifs is 1. The van der Waals surface area contributed by atoms with E-state index in [4.69, 9.17) is 10.5 Å². The molecule has 1 fully saturated rings. The van der Waals surface area contributed by atoms with Crippen molar-refractivity contribution in [1.82, 2.24) is 4.90 Å². The number of carbonyl (C=O) groups excluding carboxylic acids is 1. The Kier molecular flexibility index (Phi) is 3.29. The molecule has 2 aliphatic heterocycles. The van der Waals surface area contributed by atoms with E-state index in [-0.39, 0.29) is 11.9 Å². The minimum Gasteiger partial charge on any atom is -0.372 e. The lowest BCUT2D eigenvalue weighted by atomic mass is 9.95. The molecule has 0 saturated carbocycles. The van der Waals surface area contributed by atoms with Crippen LogP contribution in [0.15, 0.2) is 18.2 Å². The number of ether oxygens (including phenoxy) is 1. The van der Waals surface area contributed by atoms with Crippen molar-refractivity contribution in [3.8, 4) is 0 Å². The summed E-state index contributed by atoms with van der Waals surface area (Å²) in [6, 6.07) is 5.98. The molecule has 0 radical (unpaired) electrons. The molecule has 0 spiro atoms. The Labute approximate surface area is 113 Å². The average Bonchev–Trinajstić information content (AvgIpc) is 2.83.